The number of nitrogens with zero attached hydrogens (tertiary/aromatic N) is 2. The lowest BCUT2D eigenvalue weighted by atomic mass is 10.0. The Hall–Kier alpha value is -1.27. The molecule has 6 heteroatoms. The summed E-state index contributed by atoms with van der Waals surface area (Å²) in [5.74, 6) is 0. The second-order valence-corrected chi connectivity index (χ2v) is 5.67. The van der Waals surface area contributed by atoms with Crippen molar-refractivity contribution in [3.8, 4) is 0 Å². The van der Waals surface area contributed by atoms with E-state index in [1.54, 1.807) is 10.7 Å². The molecule has 0 fully saturated rings. The van der Waals surface area contributed by atoms with Gasteiger partial charge in [0.15, 0.2) is 0 Å². The summed E-state index contributed by atoms with van der Waals surface area (Å²) in [7, 11) is 1.81. The number of halogens is 3. The Balaban J connectivity index is 2.24. The summed E-state index contributed by atoms with van der Waals surface area (Å²) in [4.78, 5) is 0. The summed E-state index contributed by atoms with van der Waals surface area (Å²) in [6.07, 6.45) is -2.28. The molecular formula is C15H17BrF2N2O. The summed E-state index contributed by atoms with van der Waals surface area (Å²) >= 11 is 3.49. The maximum atomic E-state index is 12.7. The number of benzene rings is 1. The van der Waals surface area contributed by atoms with Gasteiger partial charge in [-0.05, 0) is 34.0 Å². The monoisotopic (exact) mass is 358 g/mol. The van der Waals surface area contributed by atoms with Crippen molar-refractivity contribution in [1.82, 2.24) is 9.78 Å². The molecule has 0 aliphatic heterocycles. The lowest BCUT2D eigenvalue weighted by molar-refractivity contribution is 0.149. The maximum absolute atomic E-state index is 12.7. The molecule has 1 aromatic heterocycles. The van der Waals surface area contributed by atoms with Gasteiger partial charge in [-0.25, -0.2) is 8.78 Å². The SMILES string of the molecule is CCc1nn(C)c(CC(O)c2cccc(C(F)F)c2)c1Br. The lowest BCUT2D eigenvalue weighted by Gasteiger charge is -2.13. The van der Waals surface area contributed by atoms with E-state index in [0.717, 1.165) is 22.3 Å². The minimum atomic E-state index is -2.53. The lowest BCUT2D eigenvalue weighted by Crippen LogP contribution is -2.07. The Morgan fingerprint density at radius 1 is 1.33 bits per heavy atom. The van der Waals surface area contributed by atoms with Crippen LogP contribution in [0.25, 0.3) is 0 Å². The molecule has 3 nitrogen and oxygen atoms in total. The van der Waals surface area contributed by atoms with Crippen molar-refractivity contribution in [1.29, 1.82) is 0 Å². The predicted molar refractivity (Wildman–Crippen MR) is 80.3 cm³/mol. The van der Waals surface area contributed by atoms with E-state index in [-0.39, 0.29) is 5.56 Å². The van der Waals surface area contributed by atoms with Crippen LogP contribution in [0, 0.1) is 0 Å². The molecule has 0 amide bonds. The largest absolute Gasteiger partial charge is 0.388 e. The minimum absolute atomic E-state index is 0.0788. The summed E-state index contributed by atoms with van der Waals surface area (Å²) in [5.41, 5.74) is 2.17. The number of aromatic nitrogens is 2. The number of aliphatic hydroxyl groups excluding tert-OH is 1. The molecule has 0 spiro atoms. The van der Waals surface area contributed by atoms with Gasteiger partial charge in [-0.3, -0.25) is 4.68 Å². The molecular weight excluding hydrogens is 342 g/mol. The average molecular weight is 359 g/mol. The molecule has 0 radical (unpaired) electrons. The maximum Gasteiger partial charge on any atom is 0.263 e. The molecule has 2 aromatic rings. The fraction of sp³-hybridized carbons (Fsp3) is 0.400. The quantitative estimate of drug-likeness (QED) is 0.878. The highest BCUT2D eigenvalue weighted by atomic mass is 79.9. The van der Waals surface area contributed by atoms with Crippen LogP contribution in [0.3, 0.4) is 0 Å². The van der Waals surface area contributed by atoms with E-state index in [0.29, 0.717) is 12.0 Å². The number of aliphatic hydroxyl groups is 1. The highest BCUT2D eigenvalue weighted by Gasteiger charge is 2.18. The van der Waals surface area contributed by atoms with Crippen LogP contribution in [0.15, 0.2) is 28.7 Å². The van der Waals surface area contributed by atoms with Crippen LogP contribution in [0.5, 0.6) is 0 Å². The molecule has 0 saturated carbocycles. The Morgan fingerprint density at radius 2 is 2.00 bits per heavy atom. The Morgan fingerprint density at radius 3 is 2.57 bits per heavy atom. The van der Waals surface area contributed by atoms with Gasteiger partial charge < -0.3 is 5.11 Å². The number of hydrogen-bond acceptors (Lipinski definition) is 2. The third-order valence-electron chi connectivity index (χ3n) is 3.44. The molecule has 2 rings (SSSR count). The van der Waals surface area contributed by atoms with Crippen molar-refractivity contribution in [2.45, 2.75) is 32.3 Å². The predicted octanol–water partition coefficient (Wildman–Crippen LogP) is 3.96. The normalized spacial score (nSPS) is 12.9. The zero-order valence-electron chi connectivity index (χ0n) is 11.9. The van der Waals surface area contributed by atoms with Crippen LogP contribution >= 0.6 is 15.9 Å². The molecule has 0 bridgehead atoms. The first-order chi connectivity index (χ1) is 9.93. The van der Waals surface area contributed by atoms with Crippen LogP contribution < -0.4 is 0 Å². The first-order valence-electron chi connectivity index (χ1n) is 6.70. The van der Waals surface area contributed by atoms with E-state index in [1.807, 2.05) is 14.0 Å². The van der Waals surface area contributed by atoms with Gasteiger partial charge in [-0.2, -0.15) is 5.10 Å². The molecule has 114 valence electrons. The zero-order chi connectivity index (χ0) is 15.6. The summed E-state index contributed by atoms with van der Waals surface area (Å²) in [5, 5.41) is 14.7. The van der Waals surface area contributed by atoms with Crippen LogP contribution in [0.1, 0.15) is 42.0 Å². The van der Waals surface area contributed by atoms with Gasteiger partial charge >= 0.3 is 0 Å². The third kappa shape index (κ3) is 3.49. The fourth-order valence-electron chi connectivity index (χ4n) is 2.24. The van der Waals surface area contributed by atoms with Gasteiger partial charge in [0.25, 0.3) is 6.43 Å². The van der Waals surface area contributed by atoms with Crippen molar-refractivity contribution >= 4 is 15.9 Å². The van der Waals surface area contributed by atoms with Crippen molar-refractivity contribution in [2.75, 3.05) is 0 Å². The van der Waals surface area contributed by atoms with Crippen molar-refractivity contribution in [3.63, 3.8) is 0 Å². The zero-order valence-corrected chi connectivity index (χ0v) is 13.4. The standard InChI is InChI=1S/C15H17BrF2N2O/c1-3-11-14(16)12(20(2)19-11)8-13(21)9-5-4-6-10(7-9)15(17)18/h4-7,13,15,21H,3,8H2,1-2H3. The molecule has 0 aliphatic rings. The second-order valence-electron chi connectivity index (χ2n) is 4.88. The fourth-order valence-corrected chi connectivity index (χ4v) is 3.02. The molecule has 0 aliphatic carbocycles. The number of rotatable bonds is 5. The summed E-state index contributed by atoms with van der Waals surface area (Å²) < 4.78 is 28.0. The first-order valence-corrected chi connectivity index (χ1v) is 7.49. The van der Waals surface area contributed by atoms with Crippen LogP contribution in [-0.2, 0) is 19.9 Å². The van der Waals surface area contributed by atoms with Crippen molar-refractivity contribution in [3.05, 3.63) is 51.3 Å². The van der Waals surface area contributed by atoms with Crippen molar-refractivity contribution in [2.24, 2.45) is 7.05 Å². The van der Waals surface area contributed by atoms with E-state index in [4.69, 9.17) is 0 Å². The van der Waals surface area contributed by atoms with E-state index in [1.165, 1.54) is 18.2 Å². The summed E-state index contributed by atoms with van der Waals surface area (Å²) in [6, 6.07) is 5.90. The smallest absolute Gasteiger partial charge is 0.263 e. The van der Waals surface area contributed by atoms with E-state index < -0.39 is 12.5 Å². The van der Waals surface area contributed by atoms with Crippen LogP contribution in [0.4, 0.5) is 8.78 Å². The topological polar surface area (TPSA) is 38.0 Å². The third-order valence-corrected chi connectivity index (χ3v) is 4.35. The second kappa shape index (κ2) is 6.66. The van der Waals surface area contributed by atoms with Crippen molar-refractivity contribution < 1.29 is 13.9 Å². The average Bonchev–Trinajstić information content (AvgIpc) is 2.74. The molecule has 1 atom stereocenters. The number of aryl methyl sites for hydroxylation is 2. The molecule has 21 heavy (non-hydrogen) atoms. The Bertz CT molecular complexity index is 628. The molecule has 1 aromatic carbocycles. The van der Waals surface area contributed by atoms with E-state index >= 15 is 0 Å². The molecule has 1 heterocycles. The van der Waals surface area contributed by atoms with Crippen LogP contribution in [0.2, 0.25) is 0 Å². The number of alkyl halides is 2. The molecule has 1 unspecified atom stereocenters. The van der Waals surface area contributed by atoms with Gasteiger partial charge in [-0.1, -0.05) is 25.1 Å². The number of hydrogen-bond donors (Lipinski definition) is 1. The molecule has 0 saturated heterocycles. The van der Waals surface area contributed by atoms with Gasteiger partial charge in [0, 0.05) is 19.0 Å². The molecule has 1 N–H and O–H groups in total. The van der Waals surface area contributed by atoms with Crippen LogP contribution in [-0.4, -0.2) is 14.9 Å². The highest BCUT2D eigenvalue weighted by molar-refractivity contribution is 9.10. The van der Waals surface area contributed by atoms with E-state index in [2.05, 4.69) is 21.0 Å². The van der Waals surface area contributed by atoms with E-state index in [9.17, 15) is 13.9 Å². The van der Waals surface area contributed by atoms with Gasteiger partial charge in [0.1, 0.15) is 0 Å². The van der Waals surface area contributed by atoms with Gasteiger partial charge in [0.2, 0.25) is 0 Å². The first kappa shape index (κ1) is 16.1. The highest BCUT2D eigenvalue weighted by Crippen LogP contribution is 2.28. The summed E-state index contributed by atoms with van der Waals surface area (Å²) in [6.45, 7) is 2.00. The van der Waals surface area contributed by atoms with Gasteiger partial charge in [-0.15, -0.1) is 0 Å². The Kier molecular flexibility index (Phi) is 5.11. The Labute approximate surface area is 130 Å². The minimum Gasteiger partial charge on any atom is -0.388 e. The van der Waals surface area contributed by atoms with Gasteiger partial charge in [0.05, 0.1) is 22.0 Å².